The minimum absolute atomic E-state index is 0.0848. The number of hydrogen-bond donors (Lipinski definition) is 0. The van der Waals surface area contributed by atoms with E-state index in [-0.39, 0.29) is 6.61 Å². The average molecular weight is 241 g/mol. The molecule has 1 aromatic carbocycles. The van der Waals surface area contributed by atoms with E-state index < -0.39 is 11.8 Å². The molecule has 18 heavy (non-hydrogen) atoms. The van der Waals surface area contributed by atoms with Crippen molar-refractivity contribution in [2.45, 2.75) is 6.92 Å². The van der Waals surface area contributed by atoms with Crippen LogP contribution in [0.4, 0.5) is 0 Å². The van der Waals surface area contributed by atoms with Crippen molar-refractivity contribution in [1.82, 2.24) is 5.06 Å². The van der Waals surface area contributed by atoms with Crippen molar-refractivity contribution >= 4 is 11.8 Å². The molecule has 1 heterocycles. The van der Waals surface area contributed by atoms with E-state index in [0.717, 1.165) is 5.06 Å². The number of carbonyl (C=O) groups is 2. The van der Waals surface area contributed by atoms with Gasteiger partial charge in [-0.25, -0.2) is 0 Å². The van der Waals surface area contributed by atoms with Crippen molar-refractivity contribution in [2.75, 3.05) is 6.61 Å². The molecule has 1 aliphatic heterocycles. The number of hydroxylamine groups is 2. The van der Waals surface area contributed by atoms with Crippen molar-refractivity contribution in [3.8, 4) is 12.3 Å². The van der Waals surface area contributed by atoms with E-state index in [0.29, 0.717) is 16.7 Å². The van der Waals surface area contributed by atoms with Gasteiger partial charge in [-0.15, -0.1) is 11.5 Å². The minimum atomic E-state index is -0.442. The Kier molecular flexibility index (Phi) is 3.26. The van der Waals surface area contributed by atoms with Gasteiger partial charge in [0.1, 0.15) is 0 Å². The first-order valence-electron chi connectivity index (χ1n) is 5.39. The third-order valence-corrected chi connectivity index (χ3v) is 2.58. The molecule has 4 heteroatoms. The Bertz CT molecular complexity index is 546. The third-order valence-electron chi connectivity index (χ3n) is 2.58. The predicted octanol–water partition coefficient (Wildman–Crippen LogP) is 1.79. The Balaban J connectivity index is 2.13. The van der Waals surface area contributed by atoms with Gasteiger partial charge in [-0.05, 0) is 30.7 Å². The summed E-state index contributed by atoms with van der Waals surface area (Å²) in [5, 5.41) is 0.769. The zero-order chi connectivity index (χ0) is 13.1. The molecular weight excluding hydrogens is 230 g/mol. The van der Waals surface area contributed by atoms with Crippen molar-refractivity contribution in [1.29, 1.82) is 0 Å². The second kappa shape index (κ2) is 4.86. The van der Waals surface area contributed by atoms with Gasteiger partial charge in [0.15, 0.2) is 0 Å². The molecule has 0 N–H and O–H groups in total. The van der Waals surface area contributed by atoms with Crippen molar-refractivity contribution in [3.63, 3.8) is 0 Å². The maximum Gasteiger partial charge on any atom is 0.285 e. The summed E-state index contributed by atoms with van der Waals surface area (Å²) in [4.78, 5) is 28.9. The van der Waals surface area contributed by atoms with Crippen LogP contribution in [0.15, 0.2) is 35.9 Å². The number of amides is 2. The normalized spacial score (nSPS) is 14.7. The fourth-order valence-electron chi connectivity index (χ4n) is 1.58. The molecule has 1 aliphatic rings. The zero-order valence-electron chi connectivity index (χ0n) is 9.84. The van der Waals surface area contributed by atoms with Crippen LogP contribution in [0, 0.1) is 12.3 Å². The first kappa shape index (κ1) is 12.1. The van der Waals surface area contributed by atoms with E-state index in [1.54, 1.807) is 37.3 Å². The molecule has 2 amide bonds. The zero-order valence-corrected chi connectivity index (χ0v) is 9.84. The molecule has 90 valence electrons. The van der Waals surface area contributed by atoms with Gasteiger partial charge in [-0.2, -0.15) is 0 Å². The Labute approximate surface area is 105 Å². The van der Waals surface area contributed by atoms with Crippen LogP contribution in [0.25, 0.3) is 0 Å². The number of hydrogen-bond acceptors (Lipinski definition) is 3. The van der Waals surface area contributed by atoms with Crippen molar-refractivity contribution in [2.24, 2.45) is 0 Å². The van der Waals surface area contributed by atoms with Crippen LogP contribution in [0.3, 0.4) is 0 Å². The highest BCUT2D eigenvalue weighted by Gasteiger charge is 2.36. The van der Waals surface area contributed by atoms with Gasteiger partial charge in [0.05, 0.1) is 17.7 Å². The van der Waals surface area contributed by atoms with Crippen LogP contribution < -0.4 is 0 Å². The molecule has 0 fully saturated rings. The third kappa shape index (κ3) is 2.04. The molecule has 1 aromatic rings. The Morgan fingerprint density at radius 1 is 1.33 bits per heavy atom. The Morgan fingerprint density at radius 3 is 2.39 bits per heavy atom. The van der Waals surface area contributed by atoms with E-state index in [4.69, 9.17) is 11.3 Å². The molecule has 0 aliphatic carbocycles. The lowest BCUT2D eigenvalue weighted by atomic mass is 10.1. The van der Waals surface area contributed by atoms with E-state index in [1.165, 1.54) is 0 Å². The Hall–Kier alpha value is -2.38. The van der Waals surface area contributed by atoms with Crippen LogP contribution in [0.2, 0.25) is 0 Å². The van der Waals surface area contributed by atoms with Gasteiger partial charge >= 0.3 is 0 Å². The first-order valence-corrected chi connectivity index (χ1v) is 5.39. The van der Waals surface area contributed by atoms with Crippen molar-refractivity contribution in [3.05, 3.63) is 47.0 Å². The fraction of sp³-hybridized carbons (Fsp3) is 0.143. The summed E-state index contributed by atoms with van der Waals surface area (Å²) in [6, 6.07) is 6.61. The number of carbonyl (C=O) groups excluding carboxylic acids is 2. The van der Waals surface area contributed by atoms with Crippen molar-refractivity contribution < 1.29 is 14.4 Å². The molecule has 0 bridgehead atoms. The number of nitrogens with zero attached hydrogens (tertiary/aromatic N) is 1. The lowest BCUT2D eigenvalue weighted by Gasteiger charge is -2.11. The molecule has 2 rings (SSSR count). The number of terminal acetylenes is 1. The summed E-state index contributed by atoms with van der Waals surface area (Å²) in [6.07, 6.45) is 6.80. The summed E-state index contributed by atoms with van der Waals surface area (Å²) in [7, 11) is 0. The van der Waals surface area contributed by atoms with Gasteiger partial charge < -0.3 is 0 Å². The maximum atomic E-state index is 11.9. The lowest BCUT2D eigenvalue weighted by molar-refractivity contribution is -0.0802. The van der Waals surface area contributed by atoms with Crippen LogP contribution in [0.1, 0.15) is 27.6 Å². The SMILES string of the molecule is C#C/C(C)=C/CON1C(=O)c2ccccc2C1=O. The molecule has 0 saturated carbocycles. The summed E-state index contributed by atoms with van der Waals surface area (Å²) in [5.41, 5.74) is 1.41. The van der Waals surface area contributed by atoms with Crippen LogP contribution in [0.5, 0.6) is 0 Å². The topological polar surface area (TPSA) is 46.6 Å². The first-order chi connectivity index (χ1) is 8.65. The monoisotopic (exact) mass is 241 g/mol. The number of imide groups is 1. The fourth-order valence-corrected chi connectivity index (χ4v) is 1.58. The molecular formula is C14H11NO3. The quantitative estimate of drug-likeness (QED) is 0.598. The van der Waals surface area contributed by atoms with Crippen LogP contribution in [-0.2, 0) is 4.84 Å². The number of fused-ring (bicyclic) bond motifs is 1. The predicted molar refractivity (Wildman–Crippen MR) is 65.5 cm³/mol. The summed E-state index contributed by atoms with van der Waals surface area (Å²) in [6.45, 7) is 1.83. The molecule has 0 spiro atoms. The highest BCUT2D eigenvalue weighted by Crippen LogP contribution is 2.22. The number of benzene rings is 1. The van der Waals surface area contributed by atoms with Crippen LogP contribution >= 0.6 is 0 Å². The second-order valence-electron chi connectivity index (χ2n) is 3.78. The van der Waals surface area contributed by atoms with Gasteiger partial charge in [0.2, 0.25) is 0 Å². The minimum Gasteiger partial charge on any atom is -0.266 e. The largest absolute Gasteiger partial charge is 0.285 e. The second-order valence-corrected chi connectivity index (χ2v) is 3.78. The van der Waals surface area contributed by atoms with E-state index >= 15 is 0 Å². The average Bonchev–Trinajstić information content (AvgIpc) is 2.64. The van der Waals surface area contributed by atoms with Crippen LogP contribution in [-0.4, -0.2) is 23.5 Å². The number of rotatable bonds is 3. The van der Waals surface area contributed by atoms with E-state index in [2.05, 4.69) is 5.92 Å². The summed E-state index contributed by atoms with van der Waals surface area (Å²) in [5.74, 6) is 1.54. The highest BCUT2D eigenvalue weighted by molar-refractivity contribution is 6.20. The van der Waals surface area contributed by atoms with E-state index in [1.807, 2.05) is 0 Å². The molecule has 0 radical (unpaired) electrons. The summed E-state index contributed by atoms with van der Waals surface area (Å²) >= 11 is 0. The molecule has 0 unspecified atom stereocenters. The lowest BCUT2D eigenvalue weighted by Crippen LogP contribution is -2.30. The van der Waals surface area contributed by atoms with E-state index in [9.17, 15) is 9.59 Å². The smallest absolute Gasteiger partial charge is 0.266 e. The molecule has 0 saturated heterocycles. The highest BCUT2D eigenvalue weighted by atomic mass is 16.7. The molecule has 4 nitrogen and oxygen atoms in total. The standard InChI is InChI=1S/C14H11NO3/c1-3-10(2)8-9-18-15-13(16)11-6-4-5-7-12(11)14(15)17/h1,4-8H,9H2,2H3/b10-8+. The Morgan fingerprint density at radius 2 is 1.89 bits per heavy atom. The van der Waals surface area contributed by atoms with Gasteiger partial charge in [0, 0.05) is 0 Å². The maximum absolute atomic E-state index is 11.9. The molecule has 0 aromatic heterocycles. The molecule has 0 atom stereocenters. The number of allylic oxidation sites excluding steroid dienone is 1. The summed E-state index contributed by atoms with van der Waals surface area (Å²) < 4.78 is 0. The van der Waals surface area contributed by atoms with Gasteiger partial charge in [0.25, 0.3) is 11.8 Å². The van der Waals surface area contributed by atoms with Gasteiger partial charge in [-0.3, -0.25) is 14.4 Å². The van der Waals surface area contributed by atoms with Gasteiger partial charge in [-0.1, -0.05) is 18.1 Å².